The minimum Gasteiger partial charge on any atom is -0.477 e. The van der Waals surface area contributed by atoms with Gasteiger partial charge >= 0.3 is 6.18 Å². The predicted molar refractivity (Wildman–Crippen MR) is 77.6 cm³/mol. The van der Waals surface area contributed by atoms with Crippen molar-refractivity contribution in [1.29, 1.82) is 0 Å². The first kappa shape index (κ1) is 17.6. The van der Waals surface area contributed by atoms with Gasteiger partial charge in [0.1, 0.15) is 5.82 Å². The van der Waals surface area contributed by atoms with Gasteiger partial charge in [0.25, 0.3) is 0 Å². The summed E-state index contributed by atoms with van der Waals surface area (Å²) in [4.78, 5) is 4.08. The molecule has 1 aromatic rings. The molecule has 0 amide bonds. The van der Waals surface area contributed by atoms with Crippen molar-refractivity contribution in [2.45, 2.75) is 46.2 Å². The average Bonchev–Trinajstić information content (AvgIpc) is 2.42. The summed E-state index contributed by atoms with van der Waals surface area (Å²) >= 11 is 0. The van der Waals surface area contributed by atoms with E-state index >= 15 is 0 Å². The van der Waals surface area contributed by atoms with E-state index in [4.69, 9.17) is 4.74 Å². The lowest BCUT2D eigenvalue weighted by atomic mass is 10.1. The second kappa shape index (κ2) is 8.10. The smallest absolute Gasteiger partial charge is 0.416 e. The number of aromatic nitrogens is 1. The van der Waals surface area contributed by atoms with Gasteiger partial charge < -0.3 is 10.1 Å². The van der Waals surface area contributed by atoms with Gasteiger partial charge in [-0.3, -0.25) is 0 Å². The van der Waals surface area contributed by atoms with E-state index in [9.17, 15) is 13.2 Å². The Morgan fingerprint density at radius 1 is 1.24 bits per heavy atom. The monoisotopic (exact) mass is 304 g/mol. The number of nitrogens with zero attached hydrogens (tertiary/aromatic N) is 1. The maximum absolute atomic E-state index is 12.9. The third-order valence-electron chi connectivity index (χ3n) is 2.98. The summed E-state index contributed by atoms with van der Waals surface area (Å²) in [7, 11) is 0. The molecule has 0 aliphatic carbocycles. The first-order chi connectivity index (χ1) is 9.86. The fourth-order valence-corrected chi connectivity index (χ4v) is 1.89. The van der Waals surface area contributed by atoms with Gasteiger partial charge in [-0.1, -0.05) is 27.2 Å². The summed E-state index contributed by atoms with van der Waals surface area (Å²) in [6, 6.07) is 1.97. The fraction of sp³-hybridized carbons (Fsp3) is 0.667. The molecule has 0 aliphatic rings. The van der Waals surface area contributed by atoms with E-state index in [0.29, 0.717) is 19.1 Å². The van der Waals surface area contributed by atoms with Crippen LogP contribution in [0.5, 0.6) is 5.88 Å². The molecule has 1 atom stereocenters. The quantitative estimate of drug-likeness (QED) is 0.753. The molecule has 1 N–H and O–H groups in total. The molecule has 0 aromatic carbocycles. The number of nitrogens with one attached hydrogen (secondary N) is 1. The average molecular weight is 304 g/mol. The molecular weight excluding hydrogens is 281 g/mol. The molecule has 3 nitrogen and oxygen atoms in total. The van der Waals surface area contributed by atoms with Crippen LogP contribution in [0.3, 0.4) is 0 Å². The highest BCUT2D eigenvalue weighted by Crippen LogP contribution is 2.32. The van der Waals surface area contributed by atoms with Crippen molar-refractivity contribution < 1.29 is 17.9 Å². The summed E-state index contributed by atoms with van der Waals surface area (Å²) in [5.74, 6) is 0.509. The van der Waals surface area contributed by atoms with Gasteiger partial charge in [0.15, 0.2) is 0 Å². The number of halogens is 3. The summed E-state index contributed by atoms with van der Waals surface area (Å²) < 4.78 is 44.1. The van der Waals surface area contributed by atoms with Gasteiger partial charge in [0.2, 0.25) is 5.88 Å². The Morgan fingerprint density at radius 2 is 1.95 bits per heavy atom. The minimum absolute atomic E-state index is 0.0198. The predicted octanol–water partition coefficient (Wildman–Crippen LogP) is 4.74. The molecule has 0 bridgehead atoms. The van der Waals surface area contributed by atoms with Crippen molar-refractivity contribution in [1.82, 2.24) is 4.98 Å². The molecule has 1 rings (SSSR count). The van der Waals surface area contributed by atoms with Crippen LogP contribution in [0, 0.1) is 5.92 Å². The molecule has 6 heteroatoms. The standard InChI is InChI=1S/C15H23F3N2O/c1-4-6-11(3)10-21-14-9-12(15(16,17)18)8-13(20-14)19-7-5-2/h8-9,11H,4-7,10H2,1-3H3,(H,19,20). The lowest BCUT2D eigenvalue weighted by Crippen LogP contribution is -2.13. The summed E-state index contributed by atoms with van der Waals surface area (Å²) in [6.07, 6.45) is -1.61. The minimum atomic E-state index is -4.40. The number of hydrogen-bond acceptors (Lipinski definition) is 3. The Morgan fingerprint density at radius 3 is 2.52 bits per heavy atom. The highest BCUT2D eigenvalue weighted by molar-refractivity contribution is 5.42. The molecule has 1 aromatic heterocycles. The lowest BCUT2D eigenvalue weighted by molar-refractivity contribution is -0.137. The Balaban J connectivity index is 2.85. The van der Waals surface area contributed by atoms with Crippen molar-refractivity contribution in [2.24, 2.45) is 5.92 Å². The van der Waals surface area contributed by atoms with Crippen LogP contribution in [-0.2, 0) is 6.18 Å². The molecule has 0 fully saturated rings. The molecule has 1 heterocycles. The zero-order valence-corrected chi connectivity index (χ0v) is 12.8. The van der Waals surface area contributed by atoms with Gasteiger partial charge in [-0.2, -0.15) is 18.2 Å². The first-order valence-corrected chi connectivity index (χ1v) is 7.32. The van der Waals surface area contributed by atoms with Gasteiger partial charge in [-0.05, 0) is 24.8 Å². The van der Waals surface area contributed by atoms with Crippen molar-refractivity contribution in [3.8, 4) is 5.88 Å². The molecule has 0 aliphatic heterocycles. The summed E-state index contributed by atoms with van der Waals surface area (Å²) in [5.41, 5.74) is -0.741. The van der Waals surface area contributed by atoms with E-state index in [0.717, 1.165) is 31.4 Å². The Kier molecular flexibility index (Phi) is 6.78. The maximum Gasteiger partial charge on any atom is 0.416 e. The number of ether oxygens (including phenoxy) is 1. The second-order valence-electron chi connectivity index (χ2n) is 5.21. The zero-order chi connectivity index (χ0) is 15.9. The molecule has 0 radical (unpaired) electrons. The van der Waals surface area contributed by atoms with Crippen molar-refractivity contribution in [3.05, 3.63) is 17.7 Å². The van der Waals surface area contributed by atoms with Gasteiger partial charge in [0, 0.05) is 12.6 Å². The van der Waals surface area contributed by atoms with E-state index < -0.39 is 11.7 Å². The van der Waals surface area contributed by atoms with Crippen LogP contribution in [0.1, 0.15) is 45.6 Å². The second-order valence-corrected chi connectivity index (χ2v) is 5.21. The van der Waals surface area contributed by atoms with Gasteiger partial charge in [-0.25, -0.2) is 0 Å². The van der Waals surface area contributed by atoms with Gasteiger partial charge in [-0.15, -0.1) is 0 Å². The SMILES string of the molecule is CCCNc1cc(C(F)(F)F)cc(OCC(C)CCC)n1. The molecule has 1 unspecified atom stereocenters. The van der Waals surface area contributed by atoms with Crippen molar-refractivity contribution in [3.63, 3.8) is 0 Å². The molecule has 21 heavy (non-hydrogen) atoms. The molecular formula is C15H23F3N2O. The van der Waals surface area contributed by atoms with Crippen LogP contribution in [0.2, 0.25) is 0 Å². The van der Waals surface area contributed by atoms with E-state index in [1.165, 1.54) is 0 Å². The number of pyridine rings is 1. The van der Waals surface area contributed by atoms with E-state index in [1.807, 2.05) is 13.8 Å². The maximum atomic E-state index is 12.9. The molecule has 120 valence electrons. The first-order valence-electron chi connectivity index (χ1n) is 7.32. The lowest BCUT2D eigenvalue weighted by Gasteiger charge is -2.15. The van der Waals surface area contributed by atoms with Crippen LogP contribution >= 0.6 is 0 Å². The van der Waals surface area contributed by atoms with E-state index in [2.05, 4.69) is 17.2 Å². The largest absolute Gasteiger partial charge is 0.477 e. The van der Waals surface area contributed by atoms with Crippen molar-refractivity contribution in [2.75, 3.05) is 18.5 Å². The number of alkyl halides is 3. The van der Waals surface area contributed by atoms with Crippen LogP contribution in [0.15, 0.2) is 12.1 Å². The fourth-order valence-electron chi connectivity index (χ4n) is 1.89. The number of anilines is 1. The third-order valence-corrected chi connectivity index (χ3v) is 2.98. The summed E-state index contributed by atoms with van der Waals surface area (Å²) in [6.45, 7) is 6.94. The van der Waals surface area contributed by atoms with Crippen LogP contribution in [0.25, 0.3) is 0 Å². The molecule has 0 spiro atoms. The van der Waals surface area contributed by atoms with Crippen LogP contribution < -0.4 is 10.1 Å². The van der Waals surface area contributed by atoms with E-state index in [-0.39, 0.29) is 11.7 Å². The topological polar surface area (TPSA) is 34.1 Å². The summed E-state index contributed by atoms with van der Waals surface area (Å²) in [5, 5.41) is 2.87. The number of hydrogen-bond donors (Lipinski definition) is 1. The Labute approximate surface area is 123 Å². The number of rotatable bonds is 8. The highest BCUT2D eigenvalue weighted by Gasteiger charge is 2.32. The zero-order valence-electron chi connectivity index (χ0n) is 12.8. The van der Waals surface area contributed by atoms with Gasteiger partial charge in [0.05, 0.1) is 12.2 Å². The Hall–Kier alpha value is -1.46. The van der Waals surface area contributed by atoms with Crippen LogP contribution in [-0.4, -0.2) is 18.1 Å². The normalized spacial score (nSPS) is 13.0. The molecule has 0 saturated carbocycles. The molecule has 0 saturated heterocycles. The van der Waals surface area contributed by atoms with E-state index in [1.54, 1.807) is 0 Å². The highest BCUT2D eigenvalue weighted by atomic mass is 19.4. The van der Waals surface area contributed by atoms with Crippen molar-refractivity contribution >= 4 is 5.82 Å². The Bertz CT molecular complexity index is 435. The van der Waals surface area contributed by atoms with Crippen LogP contribution in [0.4, 0.5) is 19.0 Å². The third kappa shape index (κ3) is 6.23.